The molecule has 2 aliphatic rings. The molecule has 7 aromatic rings. The summed E-state index contributed by atoms with van der Waals surface area (Å²) in [5, 5.41) is 5.20. The van der Waals surface area contributed by atoms with Gasteiger partial charge in [0.1, 0.15) is 0 Å². The van der Waals surface area contributed by atoms with Gasteiger partial charge in [0.15, 0.2) is 0 Å². The number of hydrogen-bond acceptors (Lipinski definition) is 0. The lowest BCUT2D eigenvalue weighted by Crippen LogP contribution is -2.26. The quantitative estimate of drug-likeness (QED) is 0.208. The molecular weight excluding hydrogens is 480 g/mol. The first-order valence-electron chi connectivity index (χ1n) is 14.1. The summed E-state index contributed by atoms with van der Waals surface area (Å²) in [5.41, 5.74) is 14.4. The minimum Gasteiger partial charge on any atom is -0.0619 e. The van der Waals surface area contributed by atoms with Crippen molar-refractivity contribution in [3.63, 3.8) is 0 Å². The normalized spacial score (nSPS) is 13.8. The van der Waals surface area contributed by atoms with Crippen LogP contribution >= 0.6 is 0 Å². The molecule has 186 valence electrons. The van der Waals surface area contributed by atoms with Crippen molar-refractivity contribution in [2.24, 2.45) is 0 Å². The van der Waals surface area contributed by atoms with Crippen molar-refractivity contribution >= 4 is 21.5 Å². The summed E-state index contributed by atoms with van der Waals surface area (Å²) in [7, 11) is 0. The minimum atomic E-state index is -0.354. The van der Waals surface area contributed by atoms with E-state index in [9.17, 15) is 0 Å². The van der Waals surface area contributed by atoms with Crippen molar-refractivity contribution in [2.45, 2.75) is 12.3 Å². The highest BCUT2D eigenvalue weighted by Gasteiger charge is 2.52. The van der Waals surface area contributed by atoms with Gasteiger partial charge in [-0.3, -0.25) is 0 Å². The van der Waals surface area contributed by atoms with Gasteiger partial charge in [-0.2, -0.15) is 0 Å². The zero-order valence-electron chi connectivity index (χ0n) is 22.3. The van der Waals surface area contributed by atoms with Gasteiger partial charge in [0, 0.05) is 0 Å². The van der Waals surface area contributed by atoms with Crippen LogP contribution in [0.2, 0.25) is 0 Å². The van der Waals surface area contributed by atoms with Crippen LogP contribution in [0.25, 0.3) is 54.9 Å². The zero-order valence-corrected chi connectivity index (χ0v) is 22.3. The first kappa shape index (κ1) is 21.9. The van der Waals surface area contributed by atoms with Gasteiger partial charge in [-0.25, -0.2) is 0 Å². The second kappa shape index (κ2) is 7.81. The predicted octanol–water partition coefficient (Wildman–Crippen LogP) is 10.3. The van der Waals surface area contributed by atoms with Gasteiger partial charge in [0.05, 0.1) is 5.41 Å². The van der Waals surface area contributed by atoms with Crippen LogP contribution in [0.5, 0.6) is 0 Å². The lowest BCUT2D eigenvalue weighted by atomic mass is 9.69. The van der Waals surface area contributed by atoms with E-state index in [1.165, 1.54) is 82.7 Å². The Labute approximate surface area is 234 Å². The van der Waals surface area contributed by atoms with Crippen molar-refractivity contribution in [3.05, 3.63) is 167 Å². The topological polar surface area (TPSA) is 0 Å². The van der Waals surface area contributed by atoms with Crippen molar-refractivity contribution in [2.75, 3.05) is 0 Å². The molecule has 0 radical (unpaired) electrons. The van der Waals surface area contributed by atoms with E-state index in [1.807, 2.05) is 0 Å². The van der Waals surface area contributed by atoms with Crippen molar-refractivity contribution in [1.29, 1.82) is 0 Å². The van der Waals surface area contributed by atoms with Crippen LogP contribution in [0.1, 0.15) is 27.8 Å². The van der Waals surface area contributed by atoms with Crippen LogP contribution in [0.4, 0.5) is 0 Å². The Hall–Kier alpha value is -4.94. The molecule has 0 amide bonds. The van der Waals surface area contributed by atoms with Crippen LogP contribution in [-0.2, 0) is 5.41 Å². The van der Waals surface area contributed by atoms with E-state index in [2.05, 4.69) is 146 Å². The van der Waals surface area contributed by atoms with Gasteiger partial charge in [-0.05, 0) is 102 Å². The molecule has 0 heterocycles. The molecule has 0 aliphatic heterocycles. The molecule has 0 saturated carbocycles. The van der Waals surface area contributed by atoms with E-state index >= 15 is 0 Å². The van der Waals surface area contributed by atoms with Crippen LogP contribution in [0.3, 0.4) is 0 Å². The van der Waals surface area contributed by atoms with Crippen LogP contribution in [0.15, 0.2) is 140 Å². The smallest absolute Gasteiger partial charge is 0.0619 e. The fourth-order valence-corrected chi connectivity index (χ4v) is 7.59. The van der Waals surface area contributed by atoms with Crippen molar-refractivity contribution in [1.82, 2.24) is 0 Å². The summed E-state index contributed by atoms with van der Waals surface area (Å²) < 4.78 is 0. The Morgan fingerprint density at radius 1 is 0.400 bits per heavy atom. The molecule has 0 nitrogen and oxygen atoms in total. The van der Waals surface area contributed by atoms with Crippen LogP contribution in [0, 0.1) is 6.92 Å². The molecule has 2 aliphatic carbocycles. The van der Waals surface area contributed by atoms with Gasteiger partial charge >= 0.3 is 0 Å². The molecular formula is C40H26. The van der Waals surface area contributed by atoms with Crippen LogP contribution < -0.4 is 0 Å². The lowest BCUT2D eigenvalue weighted by molar-refractivity contribution is 0.802. The van der Waals surface area contributed by atoms with E-state index in [4.69, 9.17) is 0 Å². The van der Waals surface area contributed by atoms with Gasteiger partial charge in [0.2, 0.25) is 0 Å². The van der Waals surface area contributed by atoms with Gasteiger partial charge in [0.25, 0.3) is 0 Å². The molecule has 0 saturated heterocycles. The van der Waals surface area contributed by atoms with Gasteiger partial charge in [-0.15, -0.1) is 0 Å². The molecule has 1 spiro atoms. The second-order valence-electron chi connectivity index (χ2n) is 11.4. The number of rotatable bonds is 1. The number of fused-ring (bicyclic) bond motifs is 13. The Balaban J connectivity index is 1.44. The average molecular weight is 507 g/mol. The molecule has 0 fully saturated rings. The maximum absolute atomic E-state index is 2.47. The molecule has 7 aromatic carbocycles. The summed E-state index contributed by atoms with van der Waals surface area (Å²) in [5.74, 6) is 0. The molecule has 0 atom stereocenters. The number of aryl methyl sites for hydroxylation is 1. The average Bonchev–Trinajstić information content (AvgIpc) is 3.47. The molecule has 0 N–H and O–H groups in total. The monoisotopic (exact) mass is 506 g/mol. The van der Waals surface area contributed by atoms with Crippen molar-refractivity contribution in [3.8, 4) is 33.4 Å². The van der Waals surface area contributed by atoms with E-state index in [0.717, 1.165) is 0 Å². The fourth-order valence-electron chi connectivity index (χ4n) is 7.59. The maximum atomic E-state index is 2.47. The molecule has 40 heavy (non-hydrogen) atoms. The third-order valence-electron chi connectivity index (χ3n) is 9.31. The maximum Gasteiger partial charge on any atom is 0.0731 e. The Bertz CT molecular complexity index is 2120. The minimum absolute atomic E-state index is 0.354. The van der Waals surface area contributed by atoms with Crippen LogP contribution in [-0.4, -0.2) is 0 Å². The highest BCUT2D eigenvalue weighted by Crippen LogP contribution is 2.64. The summed E-state index contributed by atoms with van der Waals surface area (Å²) in [4.78, 5) is 0. The van der Waals surface area contributed by atoms with E-state index in [0.29, 0.717) is 0 Å². The standard InChI is InChI=1S/C40H26/c1-25-14-16-26(17-15-25)29-18-20-31-30(22-29)19-21-34-35-23-27-8-2-3-9-28(27)24-38(35)40(39(31)34)36-12-6-4-10-32(36)33-11-5-7-13-37(33)40/h2-24H,1H3. The second-order valence-corrected chi connectivity index (χ2v) is 11.4. The first-order chi connectivity index (χ1) is 19.7. The Kier molecular flexibility index (Phi) is 4.28. The third-order valence-corrected chi connectivity index (χ3v) is 9.31. The number of benzene rings is 7. The molecule has 0 heteroatoms. The van der Waals surface area contributed by atoms with E-state index < -0.39 is 0 Å². The molecule has 0 aromatic heterocycles. The largest absolute Gasteiger partial charge is 0.0731 e. The zero-order chi connectivity index (χ0) is 26.4. The summed E-state index contributed by atoms with van der Waals surface area (Å²) in [6, 6.07) is 52.5. The highest BCUT2D eigenvalue weighted by molar-refractivity contribution is 6.06. The Morgan fingerprint density at radius 3 is 1.75 bits per heavy atom. The predicted molar refractivity (Wildman–Crippen MR) is 168 cm³/mol. The van der Waals surface area contributed by atoms with E-state index in [1.54, 1.807) is 0 Å². The molecule has 0 unspecified atom stereocenters. The van der Waals surface area contributed by atoms with Crippen molar-refractivity contribution < 1.29 is 0 Å². The Morgan fingerprint density at radius 2 is 1.02 bits per heavy atom. The summed E-state index contributed by atoms with van der Waals surface area (Å²) >= 11 is 0. The number of hydrogen-bond donors (Lipinski definition) is 0. The van der Waals surface area contributed by atoms with Gasteiger partial charge in [-0.1, -0.05) is 127 Å². The highest BCUT2D eigenvalue weighted by atomic mass is 14.5. The molecule has 9 rings (SSSR count). The van der Waals surface area contributed by atoms with Gasteiger partial charge < -0.3 is 0 Å². The lowest BCUT2D eigenvalue weighted by Gasteiger charge is -2.31. The van der Waals surface area contributed by atoms with E-state index in [-0.39, 0.29) is 5.41 Å². The molecule has 0 bridgehead atoms. The summed E-state index contributed by atoms with van der Waals surface area (Å²) in [6.45, 7) is 2.14. The first-order valence-corrected chi connectivity index (χ1v) is 14.1. The SMILES string of the molecule is Cc1ccc(-c2ccc3c4c(ccc3c2)-c2cc3ccccc3cc2C42c3ccccc3-c3ccccc32)cc1. The fraction of sp³-hybridized carbons (Fsp3) is 0.0500. The third kappa shape index (κ3) is 2.71. The summed E-state index contributed by atoms with van der Waals surface area (Å²) in [6.07, 6.45) is 0.